The maximum absolute atomic E-state index is 13.3. The molecule has 0 radical (unpaired) electrons. The predicted molar refractivity (Wildman–Crippen MR) is 122 cm³/mol. The van der Waals surface area contributed by atoms with Crippen molar-refractivity contribution in [1.29, 1.82) is 0 Å². The zero-order chi connectivity index (χ0) is 22.5. The van der Waals surface area contributed by atoms with Crippen molar-refractivity contribution < 1.29 is 23.2 Å². The van der Waals surface area contributed by atoms with Gasteiger partial charge in [0.1, 0.15) is 0 Å². The Morgan fingerprint density at radius 3 is 2.10 bits per heavy atom. The van der Waals surface area contributed by atoms with Crippen molar-refractivity contribution in [3.63, 3.8) is 0 Å². The lowest BCUT2D eigenvalue weighted by Gasteiger charge is -2.34. The second kappa shape index (κ2) is 10.1. The van der Waals surface area contributed by atoms with E-state index in [1.807, 2.05) is 24.3 Å². The van der Waals surface area contributed by atoms with Crippen molar-refractivity contribution in [2.24, 2.45) is 0 Å². The molecule has 0 unspecified atom stereocenters. The van der Waals surface area contributed by atoms with Crippen molar-refractivity contribution in [1.82, 2.24) is 5.48 Å². The molecule has 166 valence electrons. The molecule has 0 spiro atoms. The van der Waals surface area contributed by atoms with E-state index in [9.17, 15) is 18.0 Å². The maximum atomic E-state index is 13.3. The molecule has 0 bridgehead atoms. The molecule has 0 saturated carbocycles. The molecule has 2 amide bonds. The number of thioether (sulfide) groups is 1. The molecule has 3 rings (SSSR count). The van der Waals surface area contributed by atoms with Crippen LogP contribution in [0.3, 0.4) is 0 Å². The van der Waals surface area contributed by atoms with Gasteiger partial charge in [0.05, 0.1) is 4.90 Å². The summed E-state index contributed by atoms with van der Waals surface area (Å²) in [6.45, 7) is 1.79. The molecule has 1 heterocycles. The average molecular weight is 481 g/mol. The molecule has 1 fully saturated rings. The molecule has 3 N–H and O–H groups in total. The summed E-state index contributed by atoms with van der Waals surface area (Å²) < 4.78 is 25.0. The first-order valence-electron chi connectivity index (χ1n) is 9.77. The van der Waals surface area contributed by atoms with E-state index in [0.29, 0.717) is 17.9 Å². The van der Waals surface area contributed by atoms with E-state index in [1.165, 1.54) is 23.9 Å². The number of sulfone groups is 1. The Morgan fingerprint density at radius 1 is 1.03 bits per heavy atom. The second-order valence-electron chi connectivity index (χ2n) is 7.05. The molecule has 0 atom stereocenters. The van der Waals surface area contributed by atoms with Crippen LogP contribution in [0.2, 0.25) is 0 Å². The Balaban J connectivity index is 1.77. The van der Waals surface area contributed by atoms with Crippen LogP contribution in [0.5, 0.6) is 0 Å². The number of hydroxylamine groups is 1. The van der Waals surface area contributed by atoms with Gasteiger partial charge in [0.15, 0.2) is 14.6 Å². The molecule has 2 aromatic carbocycles. The largest absolute Gasteiger partial charge is 0.326 e. The van der Waals surface area contributed by atoms with Crippen molar-refractivity contribution in [3.05, 3.63) is 48.5 Å². The van der Waals surface area contributed by atoms with Gasteiger partial charge in [0.2, 0.25) is 5.91 Å². The molecule has 1 aliphatic heterocycles. The summed E-state index contributed by atoms with van der Waals surface area (Å²) in [7, 11) is -3.98. The van der Waals surface area contributed by atoms with Crippen LogP contribution in [0.15, 0.2) is 63.2 Å². The van der Waals surface area contributed by atoms with Gasteiger partial charge in [-0.25, -0.2) is 13.9 Å². The molecular weight excluding hydrogens is 456 g/mol. The molecule has 2 aromatic rings. The summed E-state index contributed by atoms with van der Waals surface area (Å²) in [6, 6.07) is 13.8. The lowest BCUT2D eigenvalue weighted by Crippen LogP contribution is -2.53. The second-order valence-corrected chi connectivity index (χ2v) is 11.7. The fourth-order valence-corrected chi connectivity index (χ4v) is 7.57. The Bertz CT molecular complexity index is 1030. The van der Waals surface area contributed by atoms with E-state index in [4.69, 9.17) is 5.21 Å². The summed E-state index contributed by atoms with van der Waals surface area (Å²) in [5.41, 5.74) is 2.28. The summed E-state index contributed by atoms with van der Waals surface area (Å²) in [5, 5.41) is 11.9. The molecule has 10 heteroatoms. The van der Waals surface area contributed by atoms with Gasteiger partial charge in [-0.3, -0.25) is 14.8 Å². The fourth-order valence-electron chi connectivity index (χ4n) is 3.33. The number of nitrogens with one attached hydrogen (secondary N) is 2. The average Bonchev–Trinajstić information content (AvgIpc) is 2.80. The SMILES string of the molecule is CCC(=O)Nc1ccc(Sc2ccc(S(=O)(=O)C3(C(=O)NO)CCSCC3)cc2)cc1. The van der Waals surface area contributed by atoms with Crippen LogP contribution >= 0.6 is 23.5 Å². The minimum Gasteiger partial charge on any atom is -0.326 e. The number of benzene rings is 2. The van der Waals surface area contributed by atoms with Gasteiger partial charge in [0.25, 0.3) is 5.91 Å². The molecule has 7 nitrogen and oxygen atoms in total. The maximum Gasteiger partial charge on any atom is 0.265 e. The standard InChI is InChI=1S/C21H24N2O5S3/c1-2-19(24)22-15-3-5-16(6-4-15)30-17-7-9-18(10-8-17)31(27,28)21(20(25)23-26)11-13-29-14-12-21/h3-10,26H,2,11-14H2,1H3,(H,22,24)(H,23,25). The fraction of sp³-hybridized carbons (Fsp3) is 0.333. The van der Waals surface area contributed by atoms with Gasteiger partial charge < -0.3 is 5.32 Å². The van der Waals surface area contributed by atoms with Crippen molar-refractivity contribution >= 4 is 50.9 Å². The molecular formula is C21H24N2O5S3. The highest BCUT2D eigenvalue weighted by atomic mass is 32.2. The number of rotatable bonds is 7. The summed E-state index contributed by atoms with van der Waals surface area (Å²) in [5.74, 6) is 0.146. The highest BCUT2D eigenvalue weighted by molar-refractivity contribution is 8.00. The minimum atomic E-state index is -3.98. The van der Waals surface area contributed by atoms with Crippen LogP contribution in [-0.4, -0.2) is 41.7 Å². The van der Waals surface area contributed by atoms with E-state index < -0.39 is 20.5 Å². The third kappa shape index (κ3) is 5.08. The van der Waals surface area contributed by atoms with E-state index in [-0.39, 0.29) is 23.6 Å². The van der Waals surface area contributed by atoms with Gasteiger partial charge in [-0.15, -0.1) is 0 Å². The summed E-state index contributed by atoms with van der Waals surface area (Å²) >= 11 is 3.05. The highest BCUT2D eigenvalue weighted by Crippen LogP contribution is 2.39. The summed E-state index contributed by atoms with van der Waals surface area (Å²) in [6.07, 6.45) is 0.722. The first-order chi connectivity index (χ1) is 14.8. The predicted octanol–water partition coefficient (Wildman–Crippen LogP) is 3.73. The first-order valence-corrected chi connectivity index (χ1v) is 13.2. The van der Waals surface area contributed by atoms with Crippen LogP contribution in [0.1, 0.15) is 26.2 Å². The quantitative estimate of drug-likeness (QED) is 0.409. The number of hydrogen-bond donors (Lipinski definition) is 3. The highest BCUT2D eigenvalue weighted by Gasteiger charge is 2.51. The van der Waals surface area contributed by atoms with Gasteiger partial charge in [-0.2, -0.15) is 11.8 Å². The Kier molecular flexibility index (Phi) is 7.68. The van der Waals surface area contributed by atoms with Gasteiger partial charge in [-0.05, 0) is 72.9 Å². The Morgan fingerprint density at radius 2 is 1.58 bits per heavy atom. The molecule has 0 aromatic heterocycles. The number of carbonyl (C=O) groups excluding carboxylic acids is 2. The molecule has 31 heavy (non-hydrogen) atoms. The zero-order valence-electron chi connectivity index (χ0n) is 17.0. The van der Waals surface area contributed by atoms with Gasteiger partial charge in [-0.1, -0.05) is 18.7 Å². The van der Waals surface area contributed by atoms with E-state index in [0.717, 1.165) is 15.5 Å². The Hall–Kier alpha value is -2.01. The third-order valence-electron chi connectivity index (χ3n) is 5.16. The lowest BCUT2D eigenvalue weighted by molar-refractivity contribution is -0.132. The smallest absolute Gasteiger partial charge is 0.265 e. The third-order valence-corrected chi connectivity index (χ3v) is 9.68. The molecule has 0 aliphatic carbocycles. The number of hydrogen-bond acceptors (Lipinski definition) is 7. The van der Waals surface area contributed by atoms with Crippen molar-refractivity contribution in [3.8, 4) is 0 Å². The topological polar surface area (TPSA) is 113 Å². The van der Waals surface area contributed by atoms with E-state index >= 15 is 0 Å². The summed E-state index contributed by atoms with van der Waals surface area (Å²) in [4.78, 5) is 25.6. The van der Waals surface area contributed by atoms with Crippen LogP contribution in [0.4, 0.5) is 5.69 Å². The lowest BCUT2D eigenvalue weighted by atomic mass is 10.0. The Labute approximate surface area is 190 Å². The van der Waals surface area contributed by atoms with Crippen LogP contribution < -0.4 is 10.8 Å². The van der Waals surface area contributed by atoms with Crippen LogP contribution in [0.25, 0.3) is 0 Å². The first kappa shape index (κ1) is 23.6. The monoisotopic (exact) mass is 480 g/mol. The molecule has 1 saturated heterocycles. The van der Waals surface area contributed by atoms with Crippen LogP contribution in [-0.2, 0) is 19.4 Å². The number of anilines is 1. The minimum absolute atomic E-state index is 0.0542. The molecule has 1 aliphatic rings. The number of amides is 2. The van der Waals surface area contributed by atoms with Crippen molar-refractivity contribution in [2.45, 2.75) is 45.6 Å². The van der Waals surface area contributed by atoms with Crippen LogP contribution in [0, 0.1) is 0 Å². The van der Waals surface area contributed by atoms with E-state index in [1.54, 1.807) is 36.3 Å². The van der Waals surface area contributed by atoms with Gasteiger partial charge in [0, 0.05) is 21.9 Å². The zero-order valence-corrected chi connectivity index (χ0v) is 19.4. The normalized spacial score (nSPS) is 15.8. The van der Waals surface area contributed by atoms with Crippen molar-refractivity contribution in [2.75, 3.05) is 16.8 Å². The van der Waals surface area contributed by atoms with Gasteiger partial charge >= 0.3 is 0 Å². The number of carbonyl (C=O) groups is 2. The van der Waals surface area contributed by atoms with E-state index in [2.05, 4.69) is 5.32 Å².